The molecular formula is C15H20N2O4. The van der Waals surface area contributed by atoms with Gasteiger partial charge in [-0.25, -0.2) is 0 Å². The average molecular weight is 292 g/mol. The van der Waals surface area contributed by atoms with Gasteiger partial charge in [-0.2, -0.15) is 0 Å². The number of carbonyl (C=O) groups excluding carboxylic acids is 2. The molecule has 6 heteroatoms. The van der Waals surface area contributed by atoms with Gasteiger partial charge >= 0.3 is 5.97 Å². The van der Waals surface area contributed by atoms with Gasteiger partial charge in [-0.1, -0.05) is 13.0 Å². The molecule has 0 aliphatic carbocycles. The van der Waals surface area contributed by atoms with E-state index in [0.717, 1.165) is 12.1 Å². The second-order valence-electron chi connectivity index (χ2n) is 4.91. The van der Waals surface area contributed by atoms with E-state index < -0.39 is 0 Å². The lowest BCUT2D eigenvalue weighted by Crippen LogP contribution is -2.33. The number of hydrogen-bond donors (Lipinski definition) is 2. The number of methoxy groups -OCH3 is 1. The lowest BCUT2D eigenvalue weighted by atomic mass is 10.0. The molecule has 1 heterocycles. The first-order valence-electron chi connectivity index (χ1n) is 6.98. The van der Waals surface area contributed by atoms with Crippen LogP contribution in [0.15, 0.2) is 18.2 Å². The highest BCUT2D eigenvalue weighted by Gasteiger charge is 2.18. The summed E-state index contributed by atoms with van der Waals surface area (Å²) in [4.78, 5) is 22.8. The van der Waals surface area contributed by atoms with Crippen LogP contribution < -0.4 is 15.4 Å². The van der Waals surface area contributed by atoms with E-state index in [9.17, 15) is 9.59 Å². The van der Waals surface area contributed by atoms with Crippen LogP contribution in [0.25, 0.3) is 0 Å². The van der Waals surface area contributed by atoms with Crippen molar-refractivity contribution in [2.45, 2.75) is 25.8 Å². The van der Waals surface area contributed by atoms with Crippen molar-refractivity contribution in [2.75, 3.05) is 25.6 Å². The summed E-state index contributed by atoms with van der Waals surface area (Å²) >= 11 is 0. The van der Waals surface area contributed by atoms with E-state index in [0.29, 0.717) is 24.3 Å². The minimum absolute atomic E-state index is 0.000658. The summed E-state index contributed by atoms with van der Waals surface area (Å²) in [6.07, 6.45) is 0.983. The van der Waals surface area contributed by atoms with Gasteiger partial charge in [-0.05, 0) is 30.7 Å². The average Bonchev–Trinajstić information content (AvgIpc) is 2.46. The molecule has 21 heavy (non-hydrogen) atoms. The number of amides is 1. The molecule has 1 amide bonds. The number of benzene rings is 1. The molecule has 0 spiro atoms. The van der Waals surface area contributed by atoms with E-state index in [2.05, 4.69) is 10.6 Å². The van der Waals surface area contributed by atoms with Gasteiger partial charge in [-0.15, -0.1) is 0 Å². The van der Waals surface area contributed by atoms with Crippen LogP contribution in [0.1, 0.15) is 18.9 Å². The maximum Gasteiger partial charge on any atom is 0.307 e. The minimum Gasteiger partial charge on any atom is -0.482 e. The standard InChI is InChI=1S/C15H20N2O4/c1-3-16-11(8-15(19)20-2)6-10-4-5-13-12(7-10)17-14(18)9-21-13/h4-5,7,11,16H,3,6,8-9H2,1-2H3,(H,17,18). The molecule has 2 N–H and O–H groups in total. The molecule has 1 atom stereocenters. The Morgan fingerprint density at radius 2 is 2.33 bits per heavy atom. The molecule has 0 aromatic heterocycles. The largest absolute Gasteiger partial charge is 0.482 e. The summed E-state index contributed by atoms with van der Waals surface area (Å²) in [5, 5.41) is 6.05. The maximum absolute atomic E-state index is 11.4. The zero-order valence-corrected chi connectivity index (χ0v) is 12.3. The number of hydrogen-bond acceptors (Lipinski definition) is 5. The van der Waals surface area contributed by atoms with Gasteiger partial charge in [0.25, 0.3) is 5.91 Å². The Bertz CT molecular complexity index is 530. The van der Waals surface area contributed by atoms with Crippen LogP contribution in [0.3, 0.4) is 0 Å². The number of esters is 1. The summed E-state index contributed by atoms with van der Waals surface area (Å²) in [7, 11) is 1.39. The number of carbonyl (C=O) groups is 2. The van der Waals surface area contributed by atoms with E-state index in [-0.39, 0.29) is 24.5 Å². The van der Waals surface area contributed by atoms with Gasteiger partial charge in [0.15, 0.2) is 6.61 Å². The van der Waals surface area contributed by atoms with Crippen molar-refractivity contribution in [3.63, 3.8) is 0 Å². The van der Waals surface area contributed by atoms with Crippen molar-refractivity contribution in [3.05, 3.63) is 23.8 Å². The minimum atomic E-state index is -0.240. The fourth-order valence-electron chi connectivity index (χ4n) is 2.33. The van der Waals surface area contributed by atoms with Crippen molar-refractivity contribution < 1.29 is 19.1 Å². The molecule has 6 nitrogen and oxygen atoms in total. The van der Waals surface area contributed by atoms with Crippen molar-refractivity contribution in [3.8, 4) is 5.75 Å². The topological polar surface area (TPSA) is 76.7 Å². The maximum atomic E-state index is 11.4. The third-order valence-electron chi connectivity index (χ3n) is 3.29. The monoisotopic (exact) mass is 292 g/mol. The number of rotatable bonds is 6. The van der Waals surface area contributed by atoms with Crippen molar-refractivity contribution in [1.82, 2.24) is 5.32 Å². The molecule has 1 aliphatic rings. The molecule has 114 valence electrons. The zero-order chi connectivity index (χ0) is 15.2. The Morgan fingerprint density at radius 1 is 1.52 bits per heavy atom. The lowest BCUT2D eigenvalue weighted by molar-refractivity contribution is -0.141. The van der Waals surface area contributed by atoms with Crippen LogP contribution in [0.4, 0.5) is 5.69 Å². The highest BCUT2D eigenvalue weighted by Crippen LogP contribution is 2.28. The lowest BCUT2D eigenvalue weighted by Gasteiger charge is -2.20. The molecule has 0 fully saturated rings. The fraction of sp³-hybridized carbons (Fsp3) is 0.467. The van der Waals surface area contributed by atoms with E-state index in [4.69, 9.17) is 9.47 Å². The van der Waals surface area contributed by atoms with E-state index in [1.54, 1.807) is 0 Å². The second kappa shape index (κ2) is 7.08. The molecule has 0 saturated heterocycles. The number of anilines is 1. The van der Waals surface area contributed by atoms with Crippen LogP contribution in [-0.4, -0.2) is 38.2 Å². The van der Waals surface area contributed by atoms with Crippen LogP contribution in [0.5, 0.6) is 5.75 Å². The summed E-state index contributed by atoms with van der Waals surface area (Å²) in [6, 6.07) is 5.66. The van der Waals surface area contributed by atoms with Crippen molar-refractivity contribution in [1.29, 1.82) is 0 Å². The molecule has 1 aliphatic heterocycles. The number of likely N-dealkylation sites (N-methyl/N-ethyl adjacent to an activating group) is 1. The predicted octanol–water partition coefficient (Wildman–Crippen LogP) is 1.10. The Labute approximate surface area is 123 Å². The first-order chi connectivity index (χ1) is 10.1. The Morgan fingerprint density at radius 3 is 3.05 bits per heavy atom. The molecule has 1 unspecified atom stereocenters. The molecule has 1 aromatic rings. The second-order valence-corrected chi connectivity index (χ2v) is 4.91. The Hall–Kier alpha value is -2.08. The van der Waals surface area contributed by atoms with E-state index >= 15 is 0 Å². The normalized spacial score (nSPS) is 14.7. The smallest absolute Gasteiger partial charge is 0.307 e. The third kappa shape index (κ3) is 4.19. The number of fused-ring (bicyclic) bond motifs is 1. The first kappa shape index (κ1) is 15.3. The van der Waals surface area contributed by atoms with Gasteiger partial charge < -0.3 is 20.1 Å². The van der Waals surface area contributed by atoms with Crippen LogP contribution in [-0.2, 0) is 20.7 Å². The highest BCUT2D eigenvalue weighted by atomic mass is 16.5. The summed E-state index contributed by atoms with van der Waals surface area (Å²) in [6.45, 7) is 2.81. The van der Waals surface area contributed by atoms with Crippen molar-refractivity contribution in [2.24, 2.45) is 0 Å². The molecule has 0 saturated carbocycles. The van der Waals surface area contributed by atoms with Gasteiger partial charge in [0, 0.05) is 6.04 Å². The fourth-order valence-corrected chi connectivity index (χ4v) is 2.33. The number of ether oxygens (including phenoxy) is 2. The highest BCUT2D eigenvalue weighted by molar-refractivity contribution is 5.95. The van der Waals surface area contributed by atoms with Gasteiger partial charge in [0.1, 0.15) is 5.75 Å². The molecule has 2 rings (SSSR count). The Kier molecular flexibility index (Phi) is 5.16. The molecule has 0 radical (unpaired) electrons. The van der Waals surface area contributed by atoms with E-state index in [1.165, 1.54) is 7.11 Å². The molecule has 1 aromatic carbocycles. The molecular weight excluding hydrogens is 272 g/mol. The predicted molar refractivity (Wildman–Crippen MR) is 78.4 cm³/mol. The first-order valence-corrected chi connectivity index (χ1v) is 6.98. The van der Waals surface area contributed by atoms with Gasteiger partial charge in [-0.3, -0.25) is 9.59 Å². The van der Waals surface area contributed by atoms with Crippen LogP contribution >= 0.6 is 0 Å². The quantitative estimate of drug-likeness (QED) is 0.768. The number of nitrogens with one attached hydrogen (secondary N) is 2. The third-order valence-corrected chi connectivity index (χ3v) is 3.29. The van der Waals surface area contributed by atoms with Crippen LogP contribution in [0.2, 0.25) is 0 Å². The summed E-state index contributed by atoms with van der Waals surface area (Å²) in [5.41, 5.74) is 1.70. The van der Waals surface area contributed by atoms with Gasteiger partial charge in [0.2, 0.25) is 0 Å². The SMILES string of the molecule is CCNC(CC(=O)OC)Cc1ccc2c(c1)NC(=O)CO2. The summed E-state index contributed by atoms with van der Waals surface area (Å²) in [5.74, 6) is 0.277. The summed E-state index contributed by atoms with van der Waals surface area (Å²) < 4.78 is 10.0. The van der Waals surface area contributed by atoms with Gasteiger partial charge in [0.05, 0.1) is 19.2 Å². The van der Waals surface area contributed by atoms with E-state index in [1.807, 2.05) is 25.1 Å². The zero-order valence-electron chi connectivity index (χ0n) is 12.3. The Balaban J connectivity index is 2.08. The van der Waals surface area contributed by atoms with Crippen molar-refractivity contribution >= 4 is 17.6 Å². The molecule has 0 bridgehead atoms. The van der Waals surface area contributed by atoms with Crippen LogP contribution in [0, 0.1) is 0 Å².